The van der Waals surface area contributed by atoms with Crippen molar-refractivity contribution in [3.05, 3.63) is 70.8 Å². The summed E-state index contributed by atoms with van der Waals surface area (Å²) in [6, 6.07) is 12.9. The van der Waals surface area contributed by atoms with Crippen LogP contribution in [0.25, 0.3) is 0 Å². The molecule has 0 spiro atoms. The zero-order chi connectivity index (χ0) is 21.2. The summed E-state index contributed by atoms with van der Waals surface area (Å²) in [4.78, 5) is 36.2. The van der Waals surface area contributed by atoms with Crippen molar-refractivity contribution in [2.24, 2.45) is 0 Å². The largest absolute Gasteiger partial charge is 0.458 e. The van der Waals surface area contributed by atoms with Gasteiger partial charge in [0.1, 0.15) is 6.61 Å². The first-order valence-electron chi connectivity index (χ1n) is 8.79. The van der Waals surface area contributed by atoms with E-state index in [4.69, 9.17) is 25.8 Å². The van der Waals surface area contributed by atoms with Gasteiger partial charge in [-0.1, -0.05) is 47.0 Å². The molecule has 0 radical (unpaired) electrons. The lowest BCUT2D eigenvalue weighted by molar-refractivity contribution is -0.147. The number of halogens is 2. The number of esters is 3. The lowest BCUT2D eigenvalue weighted by atomic mass is 10.1. The van der Waals surface area contributed by atoms with Gasteiger partial charge >= 0.3 is 23.0 Å². The first-order valence-corrected chi connectivity index (χ1v) is 9.16. The van der Waals surface area contributed by atoms with Crippen molar-refractivity contribution in [1.82, 2.24) is 0 Å². The molecule has 3 atom stereocenters. The maximum Gasteiger partial charge on any atom is 0.364 e. The van der Waals surface area contributed by atoms with Gasteiger partial charge in [-0.05, 0) is 38.1 Å². The summed E-state index contributed by atoms with van der Waals surface area (Å²) in [7, 11) is 0. The van der Waals surface area contributed by atoms with Crippen molar-refractivity contribution in [3.8, 4) is 0 Å². The number of aryl methyl sites for hydroxylation is 2. The maximum atomic E-state index is 14.6. The lowest BCUT2D eigenvalue weighted by Gasteiger charge is -2.21. The number of ether oxygens (including phenoxy) is 3. The van der Waals surface area contributed by atoms with Gasteiger partial charge < -0.3 is 14.2 Å². The van der Waals surface area contributed by atoms with Gasteiger partial charge in [0.25, 0.3) is 0 Å². The van der Waals surface area contributed by atoms with E-state index in [9.17, 15) is 18.8 Å². The van der Waals surface area contributed by atoms with E-state index < -0.39 is 41.9 Å². The number of hydrogen-bond acceptors (Lipinski definition) is 6. The van der Waals surface area contributed by atoms with E-state index >= 15 is 0 Å². The van der Waals surface area contributed by atoms with E-state index in [-0.39, 0.29) is 11.1 Å². The van der Waals surface area contributed by atoms with E-state index in [2.05, 4.69) is 0 Å². The highest BCUT2D eigenvalue weighted by Gasteiger charge is 2.61. The number of hydrogen-bond donors (Lipinski definition) is 0. The summed E-state index contributed by atoms with van der Waals surface area (Å²) in [5, 5.41) is -3.08. The van der Waals surface area contributed by atoms with E-state index in [1.165, 1.54) is 12.1 Å². The van der Waals surface area contributed by atoms with Crippen molar-refractivity contribution >= 4 is 29.5 Å². The average molecular weight is 421 g/mol. The molecule has 0 saturated carbocycles. The van der Waals surface area contributed by atoms with Crippen LogP contribution in [0.3, 0.4) is 0 Å². The smallest absolute Gasteiger partial charge is 0.364 e. The molecule has 8 heteroatoms. The summed E-state index contributed by atoms with van der Waals surface area (Å²) in [5.74, 6) is -2.99. The minimum Gasteiger partial charge on any atom is -0.458 e. The second-order valence-electron chi connectivity index (χ2n) is 6.72. The molecule has 1 aliphatic rings. The van der Waals surface area contributed by atoms with Crippen molar-refractivity contribution in [3.63, 3.8) is 0 Å². The molecule has 2 aromatic rings. The Balaban J connectivity index is 1.70. The molecule has 0 N–H and O–H groups in total. The van der Waals surface area contributed by atoms with Crippen LogP contribution in [-0.4, -0.2) is 41.9 Å². The first-order chi connectivity index (χ1) is 13.7. The Kier molecular flexibility index (Phi) is 5.88. The number of benzene rings is 2. The Labute approximate surface area is 171 Å². The first kappa shape index (κ1) is 20.8. The molecule has 6 nitrogen and oxygen atoms in total. The van der Waals surface area contributed by atoms with Crippen LogP contribution in [0.1, 0.15) is 31.8 Å². The summed E-state index contributed by atoms with van der Waals surface area (Å²) >= 11 is 5.63. The van der Waals surface area contributed by atoms with Crippen LogP contribution in [0.2, 0.25) is 0 Å². The second-order valence-corrected chi connectivity index (χ2v) is 7.27. The second kappa shape index (κ2) is 8.21. The molecule has 0 unspecified atom stereocenters. The summed E-state index contributed by atoms with van der Waals surface area (Å²) in [6.07, 6.45) is -3.16. The van der Waals surface area contributed by atoms with E-state index in [1.807, 2.05) is 13.8 Å². The molecule has 152 valence electrons. The Morgan fingerprint density at radius 3 is 2.00 bits per heavy atom. The van der Waals surface area contributed by atoms with Gasteiger partial charge in [0.15, 0.2) is 6.10 Å². The minimum atomic E-state index is -3.08. The monoisotopic (exact) mass is 420 g/mol. The molecule has 2 aromatic carbocycles. The number of carbonyl (C=O) groups is 3. The number of cyclic esters (lactones) is 1. The van der Waals surface area contributed by atoms with Gasteiger partial charge in [-0.3, -0.25) is 0 Å². The molecule has 29 heavy (non-hydrogen) atoms. The van der Waals surface area contributed by atoms with E-state index in [0.717, 1.165) is 11.1 Å². The topological polar surface area (TPSA) is 78.9 Å². The molecule has 0 aliphatic carbocycles. The van der Waals surface area contributed by atoms with Crippen LogP contribution in [0.15, 0.2) is 48.5 Å². The highest BCUT2D eigenvalue weighted by atomic mass is 35.5. The average Bonchev–Trinajstić information content (AvgIpc) is 2.90. The highest BCUT2D eigenvalue weighted by molar-refractivity contribution is 6.34. The summed E-state index contributed by atoms with van der Waals surface area (Å²) in [6.45, 7) is 3.17. The Morgan fingerprint density at radius 2 is 1.48 bits per heavy atom. The normalized spacial score (nSPS) is 23.4. The standard InChI is InChI=1S/C21H18ClFO6/c1-12-3-7-14(8-4-12)18(24)27-11-16-17(21(22,23)20(26)28-16)29-19(25)15-9-5-13(2)6-10-15/h3-10,16-17H,11H2,1-2H3/t16-,17+,21+/m0/s1. The van der Waals surface area contributed by atoms with Crippen molar-refractivity contribution in [2.75, 3.05) is 6.61 Å². The maximum absolute atomic E-state index is 14.6. The van der Waals surface area contributed by atoms with E-state index in [1.54, 1.807) is 36.4 Å². The van der Waals surface area contributed by atoms with Gasteiger partial charge in [-0.25, -0.2) is 18.8 Å². The third kappa shape index (κ3) is 4.56. The molecule has 1 saturated heterocycles. The number of rotatable bonds is 5. The Hall–Kier alpha value is -2.93. The van der Waals surface area contributed by atoms with Crippen molar-refractivity contribution in [1.29, 1.82) is 0 Å². The predicted molar refractivity (Wildman–Crippen MR) is 101 cm³/mol. The van der Waals surface area contributed by atoms with Crippen LogP contribution < -0.4 is 0 Å². The fourth-order valence-corrected chi connectivity index (χ4v) is 2.93. The van der Waals surface area contributed by atoms with Gasteiger partial charge in [0.05, 0.1) is 11.1 Å². The lowest BCUT2D eigenvalue weighted by Crippen LogP contribution is -2.42. The number of alkyl halides is 2. The van der Waals surface area contributed by atoms with Gasteiger partial charge in [0.2, 0.25) is 6.10 Å². The SMILES string of the molecule is Cc1ccc(C(=O)OC[C@@H]2OC(=O)[C@@](F)(Cl)[C@@H]2OC(=O)c2ccc(C)cc2)cc1. The van der Waals surface area contributed by atoms with Gasteiger partial charge in [-0.2, -0.15) is 0 Å². The fourth-order valence-electron chi connectivity index (χ4n) is 2.70. The number of carbonyl (C=O) groups excluding carboxylic acids is 3. The van der Waals surface area contributed by atoms with Crippen LogP contribution in [0, 0.1) is 13.8 Å². The van der Waals surface area contributed by atoms with Crippen molar-refractivity contribution < 1.29 is 33.0 Å². The molecular formula is C21H18ClFO6. The van der Waals surface area contributed by atoms with Crippen LogP contribution >= 0.6 is 11.6 Å². The van der Waals surface area contributed by atoms with Crippen LogP contribution in [0.4, 0.5) is 4.39 Å². The van der Waals surface area contributed by atoms with E-state index in [0.29, 0.717) is 0 Å². The predicted octanol–water partition coefficient (Wildman–Crippen LogP) is 3.52. The quantitative estimate of drug-likeness (QED) is 0.418. The molecule has 3 rings (SSSR count). The summed E-state index contributed by atoms with van der Waals surface area (Å²) < 4.78 is 29.7. The Bertz CT molecular complexity index is 923. The van der Waals surface area contributed by atoms with Crippen LogP contribution in [-0.2, 0) is 19.0 Å². The third-order valence-corrected chi connectivity index (χ3v) is 4.78. The molecule has 1 aliphatic heterocycles. The fraction of sp³-hybridized carbons (Fsp3) is 0.286. The summed E-state index contributed by atoms with van der Waals surface area (Å²) in [5.41, 5.74) is 2.29. The molecule has 1 fully saturated rings. The molecule has 0 aromatic heterocycles. The molecular weight excluding hydrogens is 403 g/mol. The zero-order valence-electron chi connectivity index (χ0n) is 15.7. The third-order valence-electron chi connectivity index (χ3n) is 4.41. The molecule has 0 amide bonds. The molecule has 1 heterocycles. The highest BCUT2D eigenvalue weighted by Crippen LogP contribution is 2.37. The van der Waals surface area contributed by atoms with Crippen molar-refractivity contribution in [2.45, 2.75) is 31.2 Å². The zero-order valence-corrected chi connectivity index (χ0v) is 16.4. The minimum absolute atomic E-state index is 0.151. The van der Waals surface area contributed by atoms with Gasteiger partial charge in [0, 0.05) is 0 Å². The molecule has 0 bridgehead atoms. The van der Waals surface area contributed by atoms with Crippen LogP contribution in [0.5, 0.6) is 0 Å². The Morgan fingerprint density at radius 1 is 1.00 bits per heavy atom. The van der Waals surface area contributed by atoms with Gasteiger partial charge in [-0.15, -0.1) is 0 Å².